The Morgan fingerprint density at radius 2 is 2.00 bits per heavy atom. The summed E-state index contributed by atoms with van der Waals surface area (Å²) < 4.78 is 1.72. The topological polar surface area (TPSA) is 60.7 Å². The molecule has 0 aliphatic heterocycles. The molecule has 2 aromatic rings. The van der Waals surface area contributed by atoms with Gasteiger partial charge in [-0.1, -0.05) is 25.4 Å². The van der Waals surface area contributed by atoms with Gasteiger partial charge in [0.05, 0.1) is 17.0 Å². The molecule has 0 radical (unpaired) electrons. The molecule has 3 rings (SSSR count). The third kappa shape index (κ3) is 2.12. The van der Waals surface area contributed by atoms with Gasteiger partial charge in [-0.05, 0) is 30.9 Å². The first kappa shape index (κ1) is 13.2. The Labute approximate surface area is 122 Å². The lowest BCUT2D eigenvalue weighted by atomic mass is 9.75. The van der Waals surface area contributed by atoms with Gasteiger partial charge in [0.25, 0.3) is 0 Å². The molecule has 20 heavy (non-hydrogen) atoms. The lowest BCUT2D eigenvalue weighted by Gasteiger charge is -2.28. The van der Waals surface area contributed by atoms with Gasteiger partial charge in [-0.3, -0.25) is 4.79 Å². The molecule has 2 aromatic heterocycles. The third-order valence-corrected chi connectivity index (χ3v) is 3.76. The summed E-state index contributed by atoms with van der Waals surface area (Å²) in [5.41, 5.74) is 2.34. The lowest BCUT2D eigenvalue weighted by Crippen LogP contribution is -2.28. The van der Waals surface area contributed by atoms with Crippen molar-refractivity contribution in [3.05, 3.63) is 34.2 Å². The summed E-state index contributed by atoms with van der Waals surface area (Å²) in [4.78, 5) is 12.3. The molecule has 1 aliphatic rings. The van der Waals surface area contributed by atoms with Crippen molar-refractivity contribution in [2.24, 2.45) is 5.41 Å². The first-order valence-electron chi connectivity index (χ1n) is 6.49. The molecule has 0 aromatic carbocycles. The van der Waals surface area contributed by atoms with Gasteiger partial charge in [-0.15, -0.1) is 10.2 Å². The standard InChI is InChI=1S/C14H15ClN4O/c1-8-13-9(6-14(2,3)7-10(13)20)19(18-8)12-5-4-11(15)16-17-12/h4-5H,6-7H2,1-3H3. The van der Waals surface area contributed by atoms with Gasteiger partial charge in [-0.2, -0.15) is 5.10 Å². The van der Waals surface area contributed by atoms with Crippen molar-refractivity contribution in [1.82, 2.24) is 20.0 Å². The summed E-state index contributed by atoms with van der Waals surface area (Å²) in [6, 6.07) is 3.43. The van der Waals surface area contributed by atoms with E-state index in [1.54, 1.807) is 16.8 Å². The minimum Gasteiger partial charge on any atom is -0.294 e. The maximum Gasteiger partial charge on any atom is 0.176 e. The molecule has 104 valence electrons. The highest BCUT2D eigenvalue weighted by Gasteiger charge is 2.35. The molecular formula is C14H15ClN4O. The number of carbonyl (C=O) groups excluding carboxylic acids is 1. The molecule has 0 N–H and O–H groups in total. The van der Waals surface area contributed by atoms with E-state index in [-0.39, 0.29) is 11.2 Å². The molecule has 0 saturated heterocycles. The molecule has 0 unspecified atom stereocenters. The summed E-state index contributed by atoms with van der Waals surface area (Å²) in [5, 5.41) is 12.7. The summed E-state index contributed by atoms with van der Waals surface area (Å²) >= 11 is 5.76. The summed E-state index contributed by atoms with van der Waals surface area (Å²) in [6.45, 7) is 6.04. The van der Waals surface area contributed by atoms with E-state index < -0.39 is 0 Å². The monoisotopic (exact) mass is 290 g/mol. The number of hydrogen-bond donors (Lipinski definition) is 0. The van der Waals surface area contributed by atoms with Crippen LogP contribution in [0.15, 0.2) is 12.1 Å². The van der Waals surface area contributed by atoms with Crippen LogP contribution >= 0.6 is 11.6 Å². The van der Waals surface area contributed by atoms with Gasteiger partial charge < -0.3 is 0 Å². The van der Waals surface area contributed by atoms with Crippen molar-refractivity contribution < 1.29 is 4.79 Å². The Kier molecular flexibility index (Phi) is 2.90. The van der Waals surface area contributed by atoms with E-state index in [0.29, 0.717) is 17.4 Å². The molecule has 0 fully saturated rings. The molecule has 0 atom stereocenters. The van der Waals surface area contributed by atoms with Gasteiger partial charge in [0, 0.05) is 6.42 Å². The maximum atomic E-state index is 12.3. The van der Waals surface area contributed by atoms with Crippen LogP contribution in [0.2, 0.25) is 5.15 Å². The average Bonchev–Trinajstić information content (AvgIpc) is 2.66. The number of fused-ring (bicyclic) bond motifs is 1. The van der Waals surface area contributed by atoms with Crippen LogP contribution in [0.4, 0.5) is 0 Å². The average molecular weight is 291 g/mol. The van der Waals surface area contributed by atoms with Gasteiger partial charge in [-0.25, -0.2) is 4.68 Å². The fourth-order valence-corrected chi connectivity index (χ4v) is 2.85. The molecular weight excluding hydrogens is 276 g/mol. The quantitative estimate of drug-likeness (QED) is 0.810. The van der Waals surface area contributed by atoms with Crippen molar-refractivity contribution in [2.45, 2.75) is 33.6 Å². The second kappa shape index (κ2) is 4.38. The minimum absolute atomic E-state index is 0.0613. The number of nitrogens with zero attached hydrogens (tertiary/aromatic N) is 4. The Bertz CT molecular complexity index is 688. The zero-order valence-corrected chi connectivity index (χ0v) is 12.4. The third-order valence-electron chi connectivity index (χ3n) is 3.55. The number of Topliss-reactive ketones (excluding diaryl/α,β-unsaturated/α-hetero) is 1. The number of aromatic nitrogens is 4. The van der Waals surface area contributed by atoms with E-state index in [1.165, 1.54) is 0 Å². The zero-order valence-electron chi connectivity index (χ0n) is 11.6. The minimum atomic E-state index is -0.0613. The Morgan fingerprint density at radius 1 is 1.25 bits per heavy atom. The number of halogens is 1. The van der Waals surface area contributed by atoms with Crippen LogP contribution in [0, 0.1) is 12.3 Å². The van der Waals surface area contributed by atoms with Crippen LogP contribution in [0.3, 0.4) is 0 Å². The van der Waals surface area contributed by atoms with E-state index in [2.05, 4.69) is 29.1 Å². The van der Waals surface area contributed by atoms with E-state index in [0.717, 1.165) is 23.4 Å². The van der Waals surface area contributed by atoms with Crippen LogP contribution in [0.1, 0.15) is 42.0 Å². The van der Waals surface area contributed by atoms with Crippen LogP contribution in [-0.2, 0) is 6.42 Å². The molecule has 0 saturated carbocycles. The fourth-order valence-electron chi connectivity index (χ4n) is 2.75. The SMILES string of the molecule is Cc1nn(-c2ccc(Cl)nn2)c2c1C(=O)CC(C)(C)C2. The second-order valence-electron chi connectivity index (χ2n) is 5.97. The zero-order chi connectivity index (χ0) is 14.5. The number of ketones is 1. The van der Waals surface area contributed by atoms with Gasteiger partial charge >= 0.3 is 0 Å². The van der Waals surface area contributed by atoms with E-state index >= 15 is 0 Å². The first-order valence-corrected chi connectivity index (χ1v) is 6.86. The van der Waals surface area contributed by atoms with E-state index in [1.807, 2.05) is 6.92 Å². The highest BCUT2D eigenvalue weighted by Crippen LogP contribution is 2.36. The largest absolute Gasteiger partial charge is 0.294 e. The summed E-state index contributed by atoms with van der Waals surface area (Å²) in [6.07, 6.45) is 1.35. The second-order valence-corrected chi connectivity index (χ2v) is 6.36. The number of hydrogen-bond acceptors (Lipinski definition) is 4. The molecule has 1 aliphatic carbocycles. The molecule has 2 heterocycles. The van der Waals surface area contributed by atoms with Crippen molar-refractivity contribution in [1.29, 1.82) is 0 Å². The van der Waals surface area contributed by atoms with Crippen molar-refractivity contribution in [2.75, 3.05) is 0 Å². The van der Waals surface area contributed by atoms with Crippen LogP contribution in [0.5, 0.6) is 0 Å². The predicted octanol–water partition coefficient (Wildman–Crippen LogP) is 2.78. The number of aryl methyl sites for hydroxylation is 1. The highest BCUT2D eigenvalue weighted by atomic mass is 35.5. The molecule has 6 heteroatoms. The van der Waals surface area contributed by atoms with Gasteiger partial charge in [0.1, 0.15) is 0 Å². The van der Waals surface area contributed by atoms with Gasteiger partial charge in [0.15, 0.2) is 16.8 Å². The molecule has 5 nitrogen and oxygen atoms in total. The van der Waals surface area contributed by atoms with Crippen LogP contribution < -0.4 is 0 Å². The molecule has 0 bridgehead atoms. The summed E-state index contributed by atoms with van der Waals surface area (Å²) in [5.74, 6) is 0.742. The highest BCUT2D eigenvalue weighted by molar-refractivity contribution is 6.29. The van der Waals surface area contributed by atoms with Gasteiger partial charge in [0.2, 0.25) is 0 Å². The first-order chi connectivity index (χ1) is 9.37. The number of rotatable bonds is 1. The number of carbonyl (C=O) groups is 1. The molecule has 0 amide bonds. The smallest absolute Gasteiger partial charge is 0.176 e. The van der Waals surface area contributed by atoms with E-state index in [9.17, 15) is 4.79 Å². The van der Waals surface area contributed by atoms with Crippen molar-refractivity contribution >= 4 is 17.4 Å². The molecule has 0 spiro atoms. The fraction of sp³-hybridized carbons (Fsp3) is 0.429. The van der Waals surface area contributed by atoms with Crippen LogP contribution in [0.25, 0.3) is 5.82 Å². The van der Waals surface area contributed by atoms with Crippen LogP contribution in [-0.4, -0.2) is 25.8 Å². The van der Waals surface area contributed by atoms with E-state index in [4.69, 9.17) is 11.6 Å². The maximum absolute atomic E-state index is 12.3. The Hall–Kier alpha value is -1.75. The Balaban J connectivity index is 2.17. The predicted molar refractivity (Wildman–Crippen MR) is 75.3 cm³/mol. The van der Waals surface area contributed by atoms with Crippen molar-refractivity contribution in [3.8, 4) is 5.82 Å². The summed E-state index contributed by atoms with van der Waals surface area (Å²) in [7, 11) is 0. The Morgan fingerprint density at radius 3 is 2.65 bits per heavy atom. The normalized spacial score (nSPS) is 17.1. The lowest BCUT2D eigenvalue weighted by molar-refractivity contribution is 0.0910. The van der Waals surface area contributed by atoms with Crippen molar-refractivity contribution in [3.63, 3.8) is 0 Å².